The molecule has 7 heteroatoms. The average Bonchev–Trinajstić information content (AvgIpc) is 3.51. The average molecular weight is 438 g/mol. The summed E-state index contributed by atoms with van der Waals surface area (Å²) in [5.74, 6) is 0.191. The highest BCUT2D eigenvalue weighted by Crippen LogP contribution is 2.45. The van der Waals surface area contributed by atoms with Crippen LogP contribution in [0.15, 0.2) is 29.2 Å². The van der Waals surface area contributed by atoms with E-state index in [4.69, 9.17) is 9.47 Å². The van der Waals surface area contributed by atoms with Gasteiger partial charge >= 0.3 is 5.97 Å². The summed E-state index contributed by atoms with van der Waals surface area (Å²) in [6.07, 6.45) is 5.98. The van der Waals surface area contributed by atoms with Gasteiger partial charge in [0.05, 0.1) is 24.6 Å². The molecule has 0 radical (unpaired) electrons. The lowest BCUT2D eigenvalue weighted by atomic mass is 9.97. The van der Waals surface area contributed by atoms with Crippen molar-refractivity contribution in [3.8, 4) is 16.2 Å². The molecule has 1 saturated carbocycles. The molecule has 2 heterocycles. The van der Waals surface area contributed by atoms with Gasteiger partial charge in [0, 0.05) is 39.5 Å². The first kappa shape index (κ1) is 20.0. The van der Waals surface area contributed by atoms with Crippen molar-refractivity contribution in [2.45, 2.75) is 45.1 Å². The van der Waals surface area contributed by atoms with E-state index >= 15 is 0 Å². The van der Waals surface area contributed by atoms with Gasteiger partial charge < -0.3 is 14.0 Å². The number of benzene rings is 1. The third-order valence-electron chi connectivity index (χ3n) is 5.97. The van der Waals surface area contributed by atoms with Gasteiger partial charge in [-0.25, -0.2) is 4.79 Å². The monoisotopic (exact) mass is 437 g/mol. The van der Waals surface area contributed by atoms with Crippen LogP contribution >= 0.6 is 11.3 Å². The summed E-state index contributed by atoms with van der Waals surface area (Å²) in [6, 6.07) is 5.80. The van der Waals surface area contributed by atoms with Crippen LogP contribution < -0.4 is 10.2 Å². The third kappa shape index (κ3) is 3.28. The van der Waals surface area contributed by atoms with E-state index in [-0.39, 0.29) is 29.4 Å². The van der Waals surface area contributed by atoms with Crippen LogP contribution in [0.4, 0.5) is 0 Å². The second kappa shape index (κ2) is 7.64. The summed E-state index contributed by atoms with van der Waals surface area (Å²) in [6.45, 7) is 1.93. The van der Waals surface area contributed by atoms with Crippen molar-refractivity contribution in [1.82, 2.24) is 4.57 Å². The summed E-state index contributed by atoms with van der Waals surface area (Å²) in [7, 11) is 1.60. The highest BCUT2D eigenvalue weighted by molar-refractivity contribution is 7.16. The fourth-order valence-corrected chi connectivity index (χ4v) is 5.58. The fourth-order valence-electron chi connectivity index (χ4n) is 4.34. The van der Waals surface area contributed by atoms with Gasteiger partial charge in [0.15, 0.2) is 11.5 Å². The van der Waals surface area contributed by atoms with Gasteiger partial charge in [0.25, 0.3) is 0 Å². The van der Waals surface area contributed by atoms with Gasteiger partial charge in [-0.15, -0.1) is 11.3 Å². The maximum absolute atomic E-state index is 13.1. The van der Waals surface area contributed by atoms with Crippen LogP contribution in [0.1, 0.15) is 64.2 Å². The number of pyridine rings is 1. The maximum Gasteiger partial charge on any atom is 0.343 e. The summed E-state index contributed by atoms with van der Waals surface area (Å²) in [5, 5.41) is 0.440. The van der Waals surface area contributed by atoms with Crippen molar-refractivity contribution in [3.63, 3.8) is 0 Å². The Bertz CT molecular complexity index is 1280. The lowest BCUT2D eigenvalue weighted by molar-refractivity contribution is 0.0524. The first-order valence-electron chi connectivity index (χ1n) is 10.6. The van der Waals surface area contributed by atoms with Crippen LogP contribution in [0.5, 0.6) is 5.75 Å². The molecule has 2 aromatic heterocycles. The summed E-state index contributed by atoms with van der Waals surface area (Å²) in [4.78, 5) is 40.0. The molecule has 3 aromatic rings. The quantitative estimate of drug-likeness (QED) is 0.538. The van der Waals surface area contributed by atoms with Gasteiger partial charge in [-0.2, -0.15) is 0 Å². The van der Waals surface area contributed by atoms with E-state index in [2.05, 4.69) is 0 Å². The Balaban J connectivity index is 1.75. The number of methoxy groups -OCH3 is 1. The van der Waals surface area contributed by atoms with E-state index in [0.29, 0.717) is 23.1 Å². The normalized spacial score (nSPS) is 15.7. The predicted molar refractivity (Wildman–Crippen MR) is 120 cm³/mol. The zero-order chi connectivity index (χ0) is 21.7. The predicted octanol–water partition coefficient (Wildman–Crippen LogP) is 4.77. The molecule has 1 aromatic carbocycles. The second-order valence-corrected chi connectivity index (χ2v) is 9.13. The van der Waals surface area contributed by atoms with E-state index < -0.39 is 5.97 Å². The molecule has 0 amide bonds. The Kier molecular flexibility index (Phi) is 4.93. The van der Waals surface area contributed by atoms with Crippen LogP contribution in [0, 0.1) is 0 Å². The number of thiophene rings is 1. The lowest BCUT2D eigenvalue weighted by Gasteiger charge is -2.17. The molecule has 0 unspecified atom stereocenters. The van der Waals surface area contributed by atoms with Crippen molar-refractivity contribution in [2.24, 2.45) is 0 Å². The molecular weight excluding hydrogens is 414 g/mol. The number of hydrogen-bond acceptors (Lipinski definition) is 6. The minimum atomic E-state index is -0.601. The number of carbonyl (C=O) groups is 2. The number of fused-ring (bicyclic) bond motifs is 2. The van der Waals surface area contributed by atoms with E-state index in [1.165, 1.54) is 0 Å². The molecule has 0 atom stereocenters. The number of esters is 1. The van der Waals surface area contributed by atoms with Crippen molar-refractivity contribution in [3.05, 3.63) is 50.6 Å². The maximum atomic E-state index is 13.1. The Morgan fingerprint density at radius 1 is 1.19 bits per heavy atom. The molecule has 0 aliphatic heterocycles. The van der Waals surface area contributed by atoms with Crippen molar-refractivity contribution >= 4 is 34.0 Å². The Morgan fingerprint density at radius 2 is 2.00 bits per heavy atom. The number of nitrogens with zero attached hydrogens (tertiary/aromatic N) is 1. The largest absolute Gasteiger partial charge is 0.494 e. The lowest BCUT2D eigenvalue weighted by Crippen LogP contribution is -2.21. The van der Waals surface area contributed by atoms with E-state index in [0.717, 1.165) is 46.6 Å². The molecule has 6 nitrogen and oxygen atoms in total. The molecule has 160 valence electrons. The van der Waals surface area contributed by atoms with Crippen LogP contribution in [0.3, 0.4) is 0 Å². The standard InChI is InChI=1S/C24H23NO5S/c1-3-30-24(28)17-12-25(13-7-8-13)21-15(22(17)27)10-9-14(23(21)29-2)20-11-16-18(26)5-4-6-19(16)31-20/h9-13H,3-8H2,1-2H3. The number of hydrogen-bond donors (Lipinski definition) is 0. The van der Waals surface area contributed by atoms with Crippen molar-refractivity contribution < 1.29 is 19.1 Å². The Morgan fingerprint density at radius 3 is 2.68 bits per heavy atom. The number of aryl methyl sites for hydroxylation is 1. The molecule has 31 heavy (non-hydrogen) atoms. The number of carbonyl (C=O) groups excluding carboxylic acids is 2. The molecule has 2 aliphatic carbocycles. The minimum Gasteiger partial charge on any atom is -0.494 e. The van der Waals surface area contributed by atoms with Crippen LogP contribution in [-0.4, -0.2) is 30.0 Å². The first-order valence-corrected chi connectivity index (χ1v) is 11.4. The summed E-state index contributed by atoms with van der Waals surface area (Å²) in [5.41, 5.74) is 2.06. The Hall–Kier alpha value is -2.93. The summed E-state index contributed by atoms with van der Waals surface area (Å²) < 4.78 is 12.9. The smallest absolute Gasteiger partial charge is 0.343 e. The van der Waals surface area contributed by atoms with Gasteiger partial charge in [-0.1, -0.05) is 0 Å². The highest BCUT2D eigenvalue weighted by Gasteiger charge is 2.30. The van der Waals surface area contributed by atoms with Gasteiger partial charge in [-0.05, 0) is 50.8 Å². The minimum absolute atomic E-state index is 0.0493. The van der Waals surface area contributed by atoms with E-state index in [1.807, 2.05) is 16.7 Å². The molecular formula is C24H23NO5S. The number of ketones is 1. The van der Waals surface area contributed by atoms with Gasteiger partial charge in [-0.3, -0.25) is 9.59 Å². The van der Waals surface area contributed by atoms with Crippen LogP contribution in [0.25, 0.3) is 21.3 Å². The molecule has 0 spiro atoms. The fraction of sp³-hybridized carbons (Fsp3) is 0.375. The van der Waals surface area contributed by atoms with Gasteiger partial charge in [0.1, 0.15) is 5.56 Å². The second-order valence-electron chi connectivity index (χ2n) is 8.00. The van der Waals surface area contributed by atoms with Crippen LogP contribution in [-0.2, 0) is 11.2 Å². The molecule has 1 fully saturated rings. The molecule has 0 N–H and O–H groups in total. The first-order chi connectivity index (χ1) is 15.0. The SMILES string of the molecule is CCOC(=O)c1cn(C2CC2)c2c(OC)c(-c3cc4c(s3)CCCC4=O)ccc2c1=O. The number of rotatable bonds is 5. The number of Topliss-reactive ketones (excluding diaryl/α,β-unsaturated/α-hetero) is 1. The van der Waals surface area contributed by atoms with Crippen molar-refractivity contribution in [2.75, 3.05) is 13.7 Å². The zero-order valence-electron chi connectivity index (χ0n) is 17.5. The Labute approximate surface area is 183 Å². The van der Waals surface area contributed by atoms with Gasteiger partial charge in [0.2, 0.25) is 5.43 Å². The van der Waals surface area contributed by atoms with Crippen LogP contribution in [0.2, 0.25) is 0 Å². The van der Waals surface area contributed by atoms with Crippen molar-refractivity contribution in [1.29, 1.82) is 0 Å². The highest BCUT2D eigenvalue weighted by atomic mass is 32.1. The molecule has 2 aliphatic rings. The molecule has 5 rings (SSSR count). The number of ether oxygens (including phenoxy) is 2. The molecule has 0 bridgehead atoms. The zero-order valence-corrected chi connectivity index (χ0v) is 18.3. The molecule has 0 saturated heterocycles. The number of aromatic nitrogens is 1. The van der Waals surface area contributed by atoms with E-state index in [9.17, 15) is 14.4 Å². The summed E-state index contributed by atoms with van der Waals surface area (Å²) >= 11 is 1.62. The van der Waals surface area contributed by atoms with E-state index in [1.54, 1.807) is 37.6 Å². The third-order valence-corrected chi connectivity index (χ3v) is 7.20. The topological polar surface area (TPSA) is 74.6 Å².